The van der Waals surface area contributed by atoms with E-state index in [0.717, 1.165) is 12.2 Å². The molecule has 1 aromatic rings. The van der Waals surface area contributed by atoms with Gasteiger partial charge in [-0.25, -0.2) is 4.79 Å². The SMILES string of the molecule is Cc1ccc(OCCCNC(=O)NCCCO)cc1. The number of rotatable bonds is 8. The quantitative estimate of drug-likeness (QED) is 0.624. The number of carbonyl (C=O) groups excluding carboxylic acids is 1. The first-order chi connectivity index (χ1) is 9.22. The highest BCUT2D eigenvalue weighted by Gasteiger charge is 1.98. The third-order valence-corrected chi connectivity index (χ3v) is 2.52. The van der Waals surface area contributed by atoms with Crippen molar-refractivity contribution in [3.63, 3.8) is 0 Å². The molecule has 0 fully saturated rings. The molecule has 0 spiro atoms. The minimum absolute atomic E-state index is 0.0880. The molecule has 0 aliphatic rings. The molecule has 3 N–H and O–H groups in total. The van der Waals surface area contributed by atoms with Crippen molar-refractivity contribution in [3.05, 3.63) is 29.8 Å². The van der Waals surface area contributed by atoms with Crippen molar-refractivity contribution in [2.45, 2.75) is 19.8 Å². The maximum atomic E-state index is 11.2. The van der Waals surface area contributed by atoms with Gasteiger partial charge in [0.15, 0.2) is 0 Å². The lowest BCUT2D eigenvalue weighted by molar-refractivity contribution is 0.236. The number of benzene rings is 1. The summed E-state index contributed by atoms with van der Waals surface area (Å²) < 4.78 is 5.54. The Bertz CT molecular complexity index is 365. The zero-order chi connectivity index (χ0) is 13.9. The monoisotopic (exact) mass is 266 g/mol. The summed E-state index contributed by atoms with van der Waals surface area (Å²) in [7, 11) is 0. The lowest BCUT2D eigenvalue weighted by atomic mass is 10.2. The zero-order valence-corrected chi connectivity index (χ0v) is 11.3. The molecule has 0 heterocycles. The van der Waals surface area contributed by atoms with Crippen molar-refractivity contribution in [1.29, 1.82) is 0 Å². The van der Waals surface area contributed by atoms with Crippen LogP contribution in [0.2, 0.25) is 0 Å². The highest BCUT2D eigenvalue weighted by molar-refractivity contribution is 5.73. The van der Waals surface area contributed by atoms with Gasteiger partial charge in [0, 0.05) is 19.7 Å². The molecule has 2 amide bonds. The molecular weight excluding hydrogens is 244 g/mol. The Morgan fingerprint density at radius 1 is 1.16 bits per heavy atom. The van der Waals surface area contributed by atoms with E-state index in [4.69, 9.17) is 9.84 Å². The second-order valence-corrected chi connectivity index (χ2v) is 4.27. The number of aliphatic hydroxyl groups is 1. The van der Waals surface area contributed by atoms with Crippen molar-refractivity contribution < 1.29 is 14.6 Å². The summed E-state index contributed by atoms with van der Waals surface area (Å²) in [6.07, 6.45) is 1.32. The Balaban J connectivity index is 2.01. The molecule has 0 saturated heterocycles. The first-order valence-electron chi connectivity index (χ1n) is 6.54. The Kier molecular flexibility index (Phi) is 7.43. The van der Waals surface area contributed by atoms with Crippen molar-refractivity contribution in [1.82, 2.24) is 10.6 Å². The number of hydrogen-bond donors (Lipinski definition) is 3. The number of hydrogen-bond acceptors (Lipinski definition) is 3. The van der Waals surface area contributed by atoms with E-state index in [-0.39, 0.29) is 12.6 Å². The van der Waals surface area contributed by atoms with Crippen LogP contribution in [0.3, 0.4) is 0 Å². The van der Waals surface area contributed by atoms with Crippen LogP contribution in [0.25, 0.3) is 0 Å². The smallest absolute Gasteiger partial charge is 0.314 e. The molecule has 0 atom stereocenters. The van der Waals surface area contributed by atoms with E-state index in [1.165, 1.54) is 5.56 Å². The van der Waals surface area contributed by atoms with Gasteiger partial charge >= 0.3 is 6.03 Å². The third kappa shape index (κ3) is 7.31. The Morgan fingerprint density at radius 3 is 2.42 bits per heavy atom. The summed E-state index contributed by atoms with van der Waals surface area (Å²) >= 11 is 0. The van der Waals surface area contributed by atoms with Crippen LogP contribution in [0.4, 0.5) is 4.79 Å². The van der Waals surface area contributed by atoms with Crippen LogP contribution in [0.1, 0.15) is 18.4 Å². The van der Waals surface area contributed by atoms with Gasteiger partial charge in [-0.3, -0.25) is 0 Å². The molecule has 0 aliphatic carbocycles. The van der Waals surface area contributed by atoms with E-state index < -0.39 is 0 Å². The van der Waals surface area contributed by atoms with E-state index in [0.29, 0.717) is 26.1 Å². The first kappa shape index (κ1) is 15.3. The summed E-state index contributed by atoms with van der Waals surface area (Å²) in [6, 6.07) is 7.67. The van der Waals surface area contributed by atoms with Gasteiger partial charge in [-0.15, -0.1) is 0 Å². The number of aliphatic hydroxyl groups excluding tert-OH is 1. The number of carbonyl (C=O) groups is 1. The maximum Gasteiger partial charge on any atom is 0.314 e. The lowest BCUT2D eigenvalue weighted by Gasteiger charge is -2.08. The van der Waals surface area contributed by atoms with Crippen molar-refractivity contribution in [3.8, 4) is 5.75 Å². The molecule has 19 heavy (non-hydrogen) atoms. The fourth-order valence-electron chi connectivity index (χ4n) is 1.44. The lowest BCUT2D eigenvalue weighted by Crippen LogP contribution is -2.37. The van der Waals surface area contributed by atoms with Crippen molar-refractivity contribution >= 4 is 6.03 Å². The number of ether oxygens (including phenoxy) is 1. The van der Waals surface area contributed by atoms with Gasteiger partial charge < -0.3 is 20.5 Å². The second kappa shape index (κ2) is 9.22. The predicted octanol–water partition coefficient (Wildman–Crippen LogP) is 1.45. The van der Waals surface area contributed by atoms with Crippen LogP contribution in [0.15, 0.2) is 24.3 Å². The van der Waals surface area contributed by atoms with Crippen LogP contribution in [-0.4, -0.2) is 37.4 Å². The molecule has 5 nitrogen and oxygen atoms in total. The molecule has 0 saturated carbocycles. The second-order valence-electron chi connectivity index (χ2n) is 4.27. The van der Waals surface area contributed by atoms with E-state index in [9.17, 15) is 4.79 Å². The molecule has 0 aliphatic heterocycles. The van der Waals surface area contributed by atoms with E-state index in [1.54, 1.807) is 0 Å². The third-order valence-electron chi connectivity index (χ3n) is 2.52. The minimum Gasteiger partial charge on any atom is -0.494 e. The van der Waals surface area contributed by atoms with Gasteiger partial charge in [0.2, 0.25) is 0 Å². The number of amides is 2. The predicted molar refractivity (Wildman–Crippen MR) is 74.4 cm³/mol. The fourth-order valence-corrected chi connectivity index (χ4v) is 1.44. The average molecular weight is 266 g/mol. The summed E-state index contributed by atoms with van der Waals surface area (Å²) in [5, 5.41) is 13.9. The molecular formula is C14H22N2O3. The van der Waals surface area contributed by atoms with Gasteiger partial charge in [-0.2, -0.15) is 0 Å². The van der Waals surface area contributed by atoms with Crippen LogP contribution in [0.5, 0.6) is 5.75 Å². The standard InChI is InChI=1S/C14H22N2O3/c1-12-4-6-13(7-5-12)19-11-3-9-16-14(18)15-8-2-10-17/h4-7,17H,2-3,8-11H2,1H3,(H2,15,16,18). The maximum absolute atomic E-state index is 11.2. The molecule has 5 heteroatoms. The van der Waals surface area contributed by atoms with Gasteiger partial charge in [-0.05, 0) is 31.9 Å². The van der Waals surface area contributed by atoms with Gasteiger partial charge in [-0.1, -0.05) is 17.7 Å². The molecule has 1 aromatic carbocycles. The highest BCUT2D eigenvalue weighted by Crippen LogP contribution is 2.11. The first-order valence-corrected chi connectivity index (χ1v) is 6.54. The molecule has 0 bridgehead atoms. The van der Waals surface area contributed by atoms with Gasteiger partial charge in [0.1, 0.15) is 5.75 Å². The summed E-state index contributed by atoms with van der Waals surface area (Å²) in [4.78, 5) is 11.2. The molecule has 0 unspecified atom stereocenters. The minimum atomic E-state index is -0.205. The highest BCUT2D eigenvalue weighted by atomic mass is 16.5. The number of urea groups is 1. The molecule has 0 aromatic heterocycles. The Hall–Kier alpha value is -1.75. The van der Waals surface area contributed by atoms with Crippen LogP contribution < -0.4 is 15.4 Å². The number of aryl methyl sites for hydroxylation is 1. The van der Waals surface area contributed by atoms with Crippen molar-refractivity contribution in [2.24, 2.45) is 0 Å². The largest absolute Gasteiger partial charge is 0.494 e. The van der Waals surface area contributed by atoms with Crippen LogP contribution in [-0.2, 0) is 0 Å². The Morgan fingerprint density at radius 2 is 1.79 bits per heavy atom. The fraction of sp³-hybridized carbons (Fsp3) is 0.500. The summed E-state index contributed by atoms with van der Waals surface area (Å²) in [6.45, 7) is 3.74. The summed E-state index contributed by atoms with van der Waals surface area (Å²) in [5.74, 6) is 0.845. The van der Waals surface area contributed by atoms with E-state index >= 15 is 0 Å². The van der Waals surface area contributed by atoms with Crippen molar-refractivity contribution in [2.75, 3.05) is 26.3 Å². The summed E-state index contributed by atoms with van der Waals surface area (Å²) in [5.41, 5.74) is 1.20. The topological polar surface area (TPSA) is 70.6 Å². The van der Waals surface area contributed by atoms with Crippen LogP contribution in [0, 0.1) is 6.92 Å². The van der Waals surface area contributed by atoms with E-state index in [2.05, 4.69) is 10.6 Å². The van der Waals surface area contributed by atoms with Gasteiger partial charge in [0.05, 0.1) is 6.61 Å². The van der Waals surface area contributed by atoms with Gasteiger partial charge in [0.25, 0.3) is 0 Å². The van der Waals surface area contributed by atoms with E-state index in [1.807, 2.05) is 31.2 Å². The molecule has 106 valence electrons. The molecule has 1 rings (SSSR count). The Labute approximate surface area is 114 Å². The zero-order valence-electron chi connectivity index (χ0n) is 11.3. The number of nitrogens with one attached hydrogen (secondary N) is 2. The average Bonchev–Trinajstić information content (AvgIpc) is 2.41. The normalized spacial score (nSPS) is 10.0. The van der Waals surface area contributed by atoms with Crippen LogP contribution >= 0.6 is 0 Å². The molecule has 0 radical (unpaired) electrons.